The number of pyridine rings is 1. The summed E-state index contributed by atoms with van der Waals surface area (Å²) in [5.74, 6) is 0.975. The van der Waals surface area contributed by atoms with Gasteiger partial charge in [0, 0.05) is 79.7 Å². The van der Waals surface area contributed by atoms with E-state index in [-0.39, 0.29) is 11.6 Å². The van der Waals surface area contributed by atoms with E-state index in [0.29, 0.717) is 40.3 Å². The Morgan fingerprint density at radius 3 is 2.43 bits per heavy atom. The lowest BCUT2D eigenvalue weighted by Gasteiger charge is -2.38. The predicted octanol–water partition coefficient (Wildman–Crippen LogP) is 4.19. The van der Waals surface area contributed by atoms with Crippen LogP contribution in [0.4, 0.5) is 17.3 Å². The summed E-state index contributed by atoms with van der Waals surface area (Å²) in [6.07, 6.45) is 13.5. The van der Waals surface area contributed by atoms with Crippen molar-refractivity contribution in [2.24, 2.45) is 7.05 Å². The van der Waals surface area contributed by atoms with Crippen LogP contribution >= 0.6 is 0 Å². The minimum absolute atomic E-state index is 0.0840. The molecule has 224 valence electrons. The van der Waals surface area contributed by atoms with E-state index in [2.05, 4.69) is 64.6 Å². The van der Waals surface area contributed by atoms with Gasteiger partial charge in [-0.05, 0) is 62.6 Å². The highest BCUT2D eigenvalue weighted by Gasteiger charge is 2.30. The van der Waals surface area contributed by atoms with Crippen molar-refractivity contribution >= 4 is 28.4 Å². The van der Waals surface area contributed by atoms with Gasteiger partial charge in [0.15, 0.2) is 5.82 Å². The topological polar surface area (TPSA) is 123 Å². The summed E-state index contributed by atoms with van der Waals surface area (Å²) < 4.78 is 3.49. The molecule has 3 fully saturated rings. The molecule has 1 aliphatic carbocycles. The minimum Gasteiger partial charge on any atom is -0.369 e. The third-order valence-corrected chi connectivity index (χ3v) is 9.45. The molecule has 3 aliphatic rings. The minimum atomic E-state index is -0.0840. The largest absolute Gasteiger partial charge is 0.369 e. The van der Waals surface area contributed by atoms with Crippen molar-refractivity contribution in [1.29, 1.82) is 0 Å². The second-order valence-electron chi connectivity index (χ2n) is 12.1. The van der Waals surface area contributed by atoms with Crippen LogP contribution in [0.1, 0.15) is 44.6 Å². The molecule has 44 heavy (non-hydrogen) atoms. The number of aryl methyl sites for hydroxylation is 1. The molecule has 0 radical (unpaired) electrons. The number of rotatable bonds is 6. The Balaban J connectivity index is 1.09. The molecule has 2 saturated heterocycles. The SMILES string of the molecule is Cn1nncc1-c1ncc(-c2cc3cnc(Nc4ccc(N5CCN6CCCC6C5)cc4)nc3n(C3CCCC3)c2=O)cn1. The van der Waals surface area contributed by atoms with E-state index >= 15 is 0 Å². The highest BCUT2D eigenvalue weighted by molar-refractivity contribution is 5.82. The number of hydrogen-bond acceptors (Lipinski definition) is 10. The van der Waals surface area contributed by atoms with Gasteiger partial charge < -0.3 is 10.2 Å². The Morgan fingerprint density at radius 1 is 0.864 bits per heavy atom. The van der Waals surface area contributed by atoms with Gasteiger partial charge in [0.05, 0.1) is 11.8 Å². The monoisotopic (exact) mass is 589 g/mol. The van der Waals surface area contributed by atoms with Gasteiger partial charge in [0.25, 0.3) is 5.56 Å². The Morgan fingerprint density at radius 2 is 1.66 bits per heavy atom. The molecule has 2 aliphatic heterocycles. The van der Waals surface area contributed by atoms with Gasteiger partial charge in [-0.2, -0.15) is 4.98 Å². The number of nitrogens with one attached hydrogen (secondary N) is 1. The molecule has 0 amide bonds. The smallest absolute Gasteiger partial charge is 0.260 e. The first-order chi connectivity index (χ1) is 21.6. The van der Waals surface area contributed by atoms with E-state index < -0.39 is 0 Å². The molecule has 1 aromatic carbocycles. The first kappa shape index (κ1) is 26.9. The normalized spacial score (nSPS) is 19.1. The fourth-order valence-electron chi connectivity index (χ4n) is 7.09. The van der Waals surface area contributed by atoms with Crippen LogP contribution in [0.25, 0.3) is 33.7 Å². The molecule has 1 unspecified atom stereocenters. The molecule has 0 bridgehead atoms. The summed E-state index contributed by atoms with van der Waals surface area (Å²) in [7, 11) is 1.79. The summed E-state index contributed by atoms with van der Waals surface area (Å²) in [5, 5.41) is 12.0. The highest BCUT2D eigenvalue weighted by Crippen LogP contribution is 2.32. The quantitative estimate of drug-likeness (QED) is 0.308. The van der Waals surface area contributed by atoms with Gasteiger partial charge >= 0.3 is 0 Å². The third-order valence-electron chi connectivity index (χ3n) is 9.45. The molecule has 4 aromatic heterocycles. The zero-order valence-corrected chi connectivity index (χ0v) is 24.8. The number of fused-ring (bicyclic) bond motifs is 2. The lowest BCUT2D eigenvalue weighted by atomic mass is 10.1. The molecule has 0 spiro atoms. The Bertz CT molecular complexity index is 1860. The van der Waals surface area contributed by atoms with Gasteiger partial charge in [-0.15, -0.1) is 5.10 Å². The van der Waals surface area contributed by atoms with Crippen LogP contribution in [0.15, 0.2) is 59.9 Å². The zero-order valence-electron chi connectivity index (χ0n) is 24.8. The van der Waals surface area contributed by atoms with Crippen molar-refractivity contribution in [1.82, 2.24) is 44.4 Å². The molecule has 12 nitrogen and oxygen atoms in total. The van der Waals surface area contributed by atoms with Gasteiger partial charge in [0.1, 0.15) is 11.3 Å². The predicted molar refractivity (Wildman–Crippen MR) is 169 cm³/mol. The van der Waals surface area contributed by atoms with Crippen LogP contribution in [0.5, 0.6) is 0 Å². The Hall–Kier alpha value is -4.71. The summed E-state index contributed by atoms with van der Waals surface area (Å²) in [6.45, 7) is 4.55. The highest BCUT2D eigenvalue weighted by atomic mass is 16.1. The van der Waals surface area contributed by atoms with Crippen LogP contribution in [-0.4, -0.2) is 76.6 Å². The first-order valence-electron chi connectivity index (χ1n) is 15.6. The first-order valence-corrected chi connectivity index (χ1v) is 15.6. The zero-order chi connectivity index (χ0) is 29.6. The molecular formula is C32H35N11O. The second kappa shape index (κ2) is 11.1. The molecule has 1 N–H and O–H groups in total. The van der Waals surface area contributed by atoms with Crippen LogP contribution in [-0.2, 0) is 7.05 Å². The maximum atomic E-state index is 14.1. The van der Waals surface area contributed by atoms with E-state index in [1.54, 1.807) is 36.5 Å². The van der Waals surface area contributed by atoms with Gasteiger partial charge in [-0.25, -0.2) is 19.6 Å². The van der Waals surface area contributed by atoms with Gasteiger partial charge in [-0.1, -0.05) is 18.1 Å². The fourth-order valence-corrected chi connectivity index (χ4v) is 7.09. The second-order valence-corrected chi connectivity index (χ2v) is 12.1. The maximum Gasteiger partial charge on any atom is 0.260 e. The van der Waals surface area contributed by atoms with E-state index in [4.69, 9.17) is 4.98 Å². The number of benzene rings is 1. The van der Waals surface area contributed by atoms with Crippen molar-refractivity contribution in [3.8, 4) is 22.6 Å². The summed E-state index contributed by atoms with van der Waals surface area (Å²) in [4.78, 5) is 37.7. The van der Waals surface area contributed by atoms with Crippen LogP contribution in [0.2, 0.25) is 0 Å². The van der Waals surface area contributed by atoms with Gasteiger partial charge in [0.2, 0.25) is 5.95 Å². The van der Waals surface area contributed by atoms with Gasteiger partial charge in [-0.3, -0.25) is 14.3 Å². The number of nitrogens with zero attached hydrogens (tertiary/aromatic N) is 10. The van der Waals surface area contributed by atoms with E-state index in [9.17, 15) is 4.79 Å². The number of anilines is 3. The Kier molecular flexibility index (Phi) is 6.78. The van der Waals surface area contributed by atoms with E-state index in [1.165, 1.54) is 25.1 Å². The molecule has 1 atom stereocenters. The standard InChI is InChI=1S/C32H35N11O/c1-40-28(19-36-39-40)29-33-17-22(18-34-29)27-15-21-16-35-32(38-30(21)43(31(27)44)25-5-2-3-6-25)37-23-8-10-24(11-9-23)42-14-13-41-12-4-7-26(41)20-42/h8-11,15-19,25-26H,2-7,12-14,20H2,1H3,(H,35,37,38). The summed E-state index contributed by atoms with van der Waals surface area (Å²) in [5.41, 5.74) is 4.62. The molecule has 6 heterocycles. The van der Waals surface area contributed by atoms with Crippen LogP contribution < -0.4 is 15.8 Å². The lowest BCUT2D eigenvalue weighted by molar-refractivity contribution is 0.231. The molecular weight excluding hydrogens is 554 g/mol. The van der Waals surface area contributed by atoms with E-state index in [1.807, 2.05) is 10.6 Å². The Labute approximate surface area is 254 Å². The van der Waals surface area contributed by atoms with Crippen molar-refractivity contribution in [2.45, 2.75) is 50.6 Å². The average molecular weight is 590 g/mol. The molecule has 1 saturated carbocycles. The maximum absolute atomic E-state index is 14.1. The molecule has 12 heteroatoms. The van der Waals surface area contributed by atoms with Crippen molar-refractivity contribution in [3.63, 3.8) is 0 Å². The van der Waals surface area contributed by atoms with Crippen LogP contribution in [0.3, 0.4) is 0 Å². The van der Waals surface area contributed by atoms with Crippen molar-refractivity contribution in [3.05, 3.63) is 65.5 Å². The van der Waals surface area contributed by atoms with Crippen molar-refractivity contribution in [2.75, 3.05) is 36.4 Å². The fraction of sp³-hybridized carbons (Fsp3) is 0.406. The number of hydrogen-bond donors (Lipinski definition) is 1. The third kappa shape index (κ3) is 4.88. The average Bonchev–Trinajstić information content (AvgIpc) is 3.84. The lowest BCUT2D eigenvalue weighted by Crippen LogP contribution is -2.50. The summed E-state index contributed by atoms with van der Waals surface area (Å²) >= 11 is 0. The number of aromatic nitrogens is 8. The van der Waals surface area contributed by atoms with Crippen molar-refractivity contribution < 1.29 is 0 Å². The molecule has 8 rings (SSSR count). The number of piperazine rings is 1. The summed E-state index contributed by atoms with van der Waals surface area (Å²) in [6, 6.07) is 11.1. The van der Waals surface area contributed by atoms with Crippen LogP contribution in [0, 0.1) is 0 Å². The molecule has 5 aromatic rings. The van der Waals surface area contributed by atoms with E-state index in [0.717, 1.165) is 56.4 Å².